The molecule has 0 saturated heterocycles. The predicted molar refractivity (Wildman–Crippen MR) is 64.7 cm³/mol. The van der Waals surface area contributed by atoms with E-state index in [9.17, 15) is 5.11 Å². The molecule has 1 aromatic carbocycles. The maximum absolute atomic E-state index is 9.81. The molecule has 0 bridgehead atoms. The van der Waals surface area contributed by atoms with Crippen LogP contribution in [0.2, 0.25) is 5.02 Å². The number of benzene rings is 1. The molecule has 0 fully saturated rings. The van der Waals surface area contributed by atoms with Crippen LogP contribution in [0.5, 0.6) is 0 Å². The Morgan fingerprint density at radius 3 is 3.06 bits per heavy atom. The van der Waals surface area contributed by atoms with Gasteiger partial charge in [-0.05, 0) is 25.0 Å². The van der Waals surface area contributed by atoms with Gasteiger partial charge in [0.25, 0.3) is 0 Å². The van der Waals surface area contributed by atoms with Gasteiger partial charge in [0.05, 0.1) is 0 Å². The van der Waals surface area contributed by atoms with Gasteiger partial charge in [-0.2, -0.15) is 0 Å². The van der Waals surface area contributed by atoms with Crippen LogP contribution >= 0.6 is 11.6 Å². The van der Waals surface area contributed by atoms with Gasteiger partial charge in [0.15, 0.2) is 5.82 Å². The molecular weight excluding hydrogens is 238 g/mol. The summed E-state index contributed by atoms with van der Waals surface area (Å²) in [5, 5.41) is 14.8. The highest BCUT2D eigenvalue weighted by molar-refractivity contribution is 6.30. The molecule has 17 heavy (non-hydrogen) atoms. The highest BCUT2D eigenvalue weighted by Crippen LogP contribution is 2.25. The molecule has 1 aliphatic rings. The van der Waals surface area contributed by atoms with Crippen LogP contribution in [0.1, 0.15) is 24.9 Å². The summed E-state index contributed by atoms with van der Waals surface area (Å²) in [6, 6.07) is 7.43. The second-order valence-electron chi connectivity index (χ2n) is 4.18. The fourth-order valence-electron chi connectivity index (χ4n) is 2.08. The number of fused-ring (bicyclic) bond motifs is 1. The Kier molecular flexibility index (Phi) is 2.61. The summed E-state index contributed by atoms with van der Waals surface area (Å²) < 4.78 is 1.61. The summed E-state index contributed by atoms with van der Waals surface area (Å²) >= 11 is 5.94. The van der Waals surface area contributed by atoms with Crippen LogP contribution in [0.3, 0.4) is 0 Å². The maximum atomic E-state index is 9.81. The number of rotatable bonds is 1. The molecule has 0 amide bonds. The molecular formula is C12H12ClN3O. The van der Waals surface area contributed by atoms with Crippen LogP contribution in [0.25, 0.3) is 11.4 Å². The van der Waals surface area contributed by atoms with Gasteiger partial charge in [-0.15, -0.1) is 5.10 Å². The van der Waals surface area contributed by atoms with Crippen molar-refractivity contribution in [3.05, 3.63) is 35.1 Å². The van der Waals surface area contributed by atoms with Crippen molar-refractivity contribution in [2.45, 2.75) is 25.5 Å². The van der Waals surface area contributed by atoms with Crippen LogP contribution < -0.4 is 0 Å². The number of halogens is 1. The Balaban J connectivity index is 2.05. The van der Waals surface area contributed by atoms with Crippen molar-refractivity contribution < 1.29 is 5.11 Å². The first-order valence-corrected chi connectivity index (χ1v) is 6.01. The third-order valence-corrected chi connectivity index (χ3v) is 3.16. The van der Waals surface area contributed by atoms with E-state index >= 15 is 0 Å². The largest absolute Gasteiger partial charge is 0.372 e. The average Bonchev–Trinajstić information content (AvgIpc) is 2.74. The Morgan fingerprint density at radius 2 is 2.29 bits per heavy atom. The highest BCUT2D eigenvalue weighted by atomic mass is 35.5. The topological polar surface area (TPSA) is 50.9 Å². The van der Waals surface area contributed by atoms with Crippen LogP contribution in [-0.4, -0.2) is 19.9 Å². The second-order valence-corrected chi connectivity index (χ2v) is 4.62. The first-order chi connectivity index (χ1) is 8.24. The maximum Gasteiger partial charge on any atom is 0.181 e. The summed E-state index contributed by atoms with van der Waals surface area (Å²) in [5.74, 6) is 1.47. The lowest BCUT2D eigenvalue weighted by molar-refractivity contribution is 0.0648. The van der Waals surface area contributed by atoms with E-state index in [1.165, 1.54) is 0 Å². The van der Waals surface area contributed by atoms with Crippen LogP contribution in [0.15, 0.2) is 24.3 Å². The Bertz CT molecular complexity index is 552. The number of nitrogens with zero attached hydrogens (tertiary/aromatic N) is 3. The molecule has 2 heterocycles. The lowest BCUT2D eigenvalue weighted by atomic mass is 10.1. The van der Waals surface area contributed by atoms with Gasteiger partial charge in [0, 0.05) is 17.0 Å². The van der Waals surface area contributed by atoms with Crippen molar-refractivity contribution in [3.63, 3.8) is 0 Å². The van der Waals surface area contributed by atoms with Crippen LogP contribution in [0, 0.1) is 0 Å². The quantitative estimate of drug-likeness (QED) is 0.845. The smallest absolute Gasteiger partial charge is 0.181 e. The summed E-state index contributed by atoms with van der Waals surface area (Å²) in [5.41, 5.74) is 0.881. The third kappa shape index (κ3) is 1.94. The van der Waals surface area contributed by atoms with E-state index in [1.807, 2.05) is 24.3 Å². The second kappa shape index (κ2) is 4.13. The van der Waals surface area contributed by atoms with Gasteiger partial charge >= 0.3 is 0 Å². The summed E-state index contributed by atoms with van der Waals surface area (Å²) in [6.45, 7) is 0. The average molecular weight is 250 g/mol. The van der Waals surface area contributed by atoms with E-state index in [2.05, 4.69) is 10.1 Å². The van der Waals surface area contributed by atoms with E-state index in [4.69, 9.17) is 11.6 Å². The minimum atomic E-state index is -0.542. The molecule has 5 heteroatoms. The van der Waals surface area contributed by atoms with E-state index in [0.29, 0.717) is 10.8 Å². The van der Waals surface area contributed by atoms with Crippen molar-refractivity contribution in [3.8, 4) is 11.4 Å². The van der Waals surface area contributed by atoms with E-state index in [0.717, 1.165) is 30.7 Å². The van der Waals surface area contributed by atoms with Gasteiger partial charge in [0.2, 0.25) is 0 Å². The van der Waals surface area contributed by atoms with Gasteiger partial charge < -0.3 is 5.11 Å². The minimum absolute atomic E-state index is 0.542. The molecule has 0 aliphatic carbocycles. The molecule has 1 unspecified atom stereocenters. The van der Waals surface area contributed by atoms with Gasteiger partial charge in [-0.3, -0.25) is 0 Å². The molecule has 1 atom stereocenters. The van der Waals surface area contributed by atoms with E-state index in [-0.39, 0.29) is 0 Å². The van der Waals surface area contributed by atoms with Crippen molar-refractivity contribution in [1.29, 1.82) is 0 Å². The van der Waals surface area contributed by atoms with Gasteiger partial charge in [-0.1, -0.05) is 23.7 Å². The standard InChI is InChI=1S/C12H12ClN3O/c13-9-4-1-3-8(7-9)12-14-10-5-2-6-11(17)16(10)15-12/h1,3-4,7,11,17H,2,5-6H2. The number of aliphatic hydroxyl groups excluding tert-OH is 1. The molecule has 1 aromatic heterocycles. The Labute approximate surface area is 104 Å². The zero-order valence-corrected chi connectivity index (χ0v) is 9.93. The minimum Gasteiger partial charge on any atom is -0.372 e. The Hall–Kier alpha value is -1.39. The number of hydrogen-bond acceptors (Lipinski definition) is 3. The predicted octanol–water partition coefficient (Wildman–Crippen LogP) is 2.43. The third-order valence-electron chi connectivity index (χ3n) is 2.93. The van der Waals surface area contributed by atoms with Crippen molar-refractivity contribution >= 4 is 11.6 Å². The molecule has 1 aliphatic heterocycles. The number of aromatic nitrogens is 3. The monoisotopic (exact) mass is 249 g/mol. The molecule has 3 rings (SSSR count). The lowest BCUT2D eigenvalue weighted by Crippen LogP contribution is -2.18. The Morgan fingerprint density at radius 1 is 1.41 bits per heavy atom. The van der Waals surface area contributed by atoms with E-state index in [1.54, 1.807) is 4.68 Å². The molecule has 2 aromatic rings. The summed E-state index contributed by atoms with van der Waals surface area (Å²) in [7, 11) is 0. The van der Waals surface area contributed by atoms with Crippen molar-refractivity contribution in [2.75, 3.05) is 0 Å². The summed E-state index contributed by atoms with van der Waals surface area (Å²) in [6.07, 6.45) is 2.02. The molecule has 88 valence electrons. The number of aryl methyl sites for hydroxylation is 1. The van der Waals surface area contributed by atoms with Crippen LogP contribution in [-0.2, 0) is 6.42 Å². The van der Waals surface area contributed by atoms with Gasteiger partial charge in [-0.25, -0.2) is 9.67 Å². The normalized spacial score (nSPS) is 19.1. The van der Waals surface area contributed by atoms with Crippen LogP contribution in [0.4, 0.5) is 0 Å². The molecule has 0 saturated carbocycles. The first-order valence-electron chi connectivity index (χ1n) is 5.63. The van der Waals surface area contributed by atoms with Crippen molar-refractivity contribution in [1.82, 2.24) is 14.8 Å². The van der Waals surface area contributed by atoms with Crippen molar-refractivity contribution in [2.24, 2.45) is 0 Å². The highest BCUT2D eigenvalue weighted by Gasteiger charge is 2.21. The van der Waals surface area contributed by atoms with Gasteiger partial charge in [0.1, 0.15) is 12.1 Å². The molecule has 0 spiro atoms. The number of aliphatic hydroxyl groups is 1. The fraction of sp³-hybridized carbons (Fsp3) is 0.333. The fourth-order valence-corrected chi connectivity index (χ4v) is 2.27. The van der Waals surface area contributed by atoms with E-state index < -0.39 is 6.23 Å². The zero-order valence-electron chi connectivity index (χ0n) is 9.17. The zero-order chi connectivity index (χ0) is 11.8. The number of hydrogen-bond donors (Lipinski definition) is 1. The molecule has 4 nitrogen and oxygen atoms in total. The first kappa shape index (κ1) is 10.7. The summed E-state index contributed by atoms with van der Waals surface area (Å²) in [4.78, 5) is 4.45. The molecule has 0 radical (unpaired) electrons. The molecule has 1 N–H and O–H groups in total. The SMILES string of the molecule is OC1CCCc2nc(-c3cccc(Cl)c3)nn21. The lowest BCUT2D eigenvalue weighted by Gasteiger charge is -2.17.